The molecule has 2 aliphatic heterocycles. The first kappa shape index (κ1) is 17.7. The molecule has 27 heavy (non-hydrogen) atoms. The zero-order valence-corrected chi connectivity index (χ0v) is 15.0. The van der Waals surface area contributed by atoms with Gasteiger partial charge in [0, 0.05) is 30.9 Å². The highest BCUT2D eigenvalue weighted by atomic mass is 19.1. The van der Waals surface area contributed by atoms with Gasteiger partial charge in [-0.1, -0.05) is 18.2 Å². The lowest BCUT2D eigenvalue weighted by Gasteiger charge is -2.23. The minimum Gasteiger partial charge on any atom is -0.380 e. The van der Waals surface area contributed by atoms with E-state index < -0.39 is 12.2 Å². The van der Waals surface area contributed by atoms with Gasteiger partial charge in [-0.15, -0.1) is 0 Å². The monoisotopic (exact) mass is 367 g/mol. The van der Waals surface area contributed by atoms with E-state index in [0.29, 0.717) is 0 Å². The van der Waals surface area contributed by atoms with Crippen molar-refractivity contribution in [1.29, 1.82) is 5.26 Å². The summed E-state index contributed by atoms with van der Waals surface area (Å²) in [6, 6.07) is 11.7. The zero-order chi connectivity index (χ0) is 18.8. The Morgan fingerprint density at radius 1 is 1.37 bits per heavy atom. The van der Waals surface area contributed by atoms with Crippen LogP contribution in [0.3, 0.4) is 0 Å². The van der Waals surface area contributed by atoms with Gasteiger partial charge < -0.3 is 10.2 Å². The molecule has 2 saturated heterocycles. The summed E-state index contributed by atoms with van der Waals surface area (Å²) in [6.45, 7) is 1.81. The van der Waals surface area contributed by atoms with Crippen molar-refractivity contribution in [3.63, 3.8) is 0 Å². The van der Waals surface area contributed by atoms with Crippen LogP contribution in [0.5, 0.6) is 0 Å². The number of amides is 1. The summed E-state index contributed by atoms with van der Waals surface area (Å²) in [7, 11) is 0. The Morgan fingerprint density at radius 2 is 2.22 bits per heavy atom. The molecule has 1 aromatic carbocycles. The highest BCUT2D eigenvalue weighted by Crippen LogP contribution is 2.22. The minimum absolute atomic E-state index is 0.0370. The van der Waals surface area contributed by atoms with E-state index in [1.807, 2.05) is 36.5 Å². The van der Waals surface area contributed by atoms with Crippen LogP contribution in [0, 0.1) is 11.3 Å². The summed E-state index contributed by atoms with van der Waals surface area (Å²) >= 11 is 0. The Morgan fingerprint density at radius 3 is 3.07 bits per heavy atom. The maximum absolute atomic E-state index is 13.5. The van der Waals surface area contributed by atoms with E-state index in [0.717, 1.165) is 36.1 Å². The summed E-state index contributed by atoms with van der Waals surface area (Å²) in [5, 5.41) is 13.7. The largest absolute Gasteiger partial charge is 0.380 e. The third kappa shape index (κ3) is 3.86. The van der Waals surface area contributed by atoms with E-state index in [1.165, 1.54) is 4.90 Å². The molecule has 140 valence electrons. The summed E-state index contributed by atoms with van der Waals surface area (Å²) in [5.74, 6) is -0.158. The minimum atomic E-state index is -1.09. The summed E-state index contributed by atoms with van der Waals surface area (Å²) in [5.41, 5.74) is 1.93. The van der Waals surface area contributed by atoms with Gasteiger partial charge in [0.05, 0.1) is 36.6 Å². The lowest BCUT2D eigenvalue weighted by Crippen LogP contribution is -2.42. The van der Waals surface area contributed by atoms with Gasteiger partial charge >= 0.3 is 0 Å². The quantitative estimate of drug-likeness (QED) is 0.897. The van der Waals surface area contributed by atoms with Crippen LogP contribution in [0.2, 0.25) is 0 Å². The lowest BCUT2D eigenvalue weighted by molar-refractivity contribution is -0.132. The zero-order valence-electron chi connectivity index (χ0n) is 15.0. The number of para-hydroxylation sites is 1. The number of nitrogens with one attached hydrogen (secondary N) is 1. The van der Waals surface area contributed by atoms with Crippen LogP contribution in [-0.2, 0) is 4.79 Å². The number of alkyl halides is 1. The number of aromatic nitrogens is 1. The third-order valence-electron chi connectivity index (χ3n) is 5.31. The Hall–Kier alpha value is -2.72. The Kier molecular flexibility index (Phi) is 4.90. The number of hydrogen-bond donors (Lipinski definition) is 1. The number of benzene rings is 1. The fraction of sp³-hybridized carbons (Fsp3) is 0.450. The molecule has 0 bridgehead atoms. The number of fused-ring (bicyclic) bond motifs is 1. The number of hydrogen-bond acceptors (Lipinski definition) is 5. The van der Waals surface area contributed by atoms with Crippen molar-refractivity contribution in [3.8, 4) is 6.07 Å². The highest BCUT2D eigenvalue weighted by molar-refractivity contribution is 5.81. The molecule has 0 unspecified atom stereocenters. The van der Waals surface area contributed by atoms with Gasteiger partial charge in [-0.25, -0.2) is 4.39 Å². The summed E-state index contributed by atoms with van der Waals surface area (Å²) in [4.78, 5) is 20.4. The van der Waals surface area contributed by atoms with Gasteiger partial charge in [0.1, 0.15) is 12.2 Å². The average molecular weight is 367 g/mol. The number of likely N-dealkylation sites (tertiary alicyclic amines) is 2. The number of nitriles is 1. The molecule has 3 atom stereocenters. The standard InChI is InChI=1S/C20H22FN5O/c21-15-8-18(9-22)26(11-15)20(27)13-25-6-5-16(12-25)24-17-7-14-3-1-2-4-19(14)23-10-17/h1-4,7,10,15-16,18,24H,5-6,8,11-13H2/t15-,16-,18-/m0/s1. The van der Waals surface area contributed by atoms with Gasteiger partial charge in [0.15, 0.2) is 0 Å². The van der Waals surface area contributed by atoms with Gasteiger partial charge in [0.2, 0.25) is 5.91 Å². The summed E-state index contributed by atoms with van der Waals surface area (Å²) in [6.07, 6.45) is 1.79. The van der Waals surface area contributed by atoms with Gasteiger partial charge in [0.25, 0.3) is 0 Å². The molecule has 2 fully saturated rings. The molecular formula is C20H22FN5O. The van der Waals surface area contributed by atoms with Crippen LogP contribution >= 0.6 is 0 Å². The second-order valence-corrected chi connectivity index (χ2v) is 7.31. The number of pyridine rings is 1. The highest BCUT2D eigenvalue weighted by Gasteiger charge is 2.36. The van der Waals surface area contributed by atoms with Crippen LogP contribution in [0.15, 0.2) is 36.5 Å². The van der Waals surface area contributed by atoms with Crippen LogP contribution in [0.4, 0.5) is 10.1 Å². The van der Waals surface area contributed by atoms with Crippen molar-refractivity contribution in [2.24, 2.45) is 0 Å². The molecule has 4 rings (SSSR count). The molecule has 2 aliphatic rings. The first-order valence-electron chi connectivity index (χ1n) is 9.29. The molecule has 2 aromatic rings. The second kappa shape index (κ2) is 7.49. The third-order valence-corrected chi connectivity index (χ3v) is 5.31. The van der Waals surface area contributed by atoms with E-state index >= 15 is 0 Å². The fourth-order valence-corrected chi connectivity index (χ4v) is 3.94. The maximum atomic E-state index is 13.5. The maximum Gasteiger partial charge on any atom is 0.237 e. The van der Waals surface area contributed by atoms with Crippen LogP contribution in [-0.4, -0.2) is 65.1 Å². The molecule has 0 spiro atoms. The number of carbonyl (C=O) groups is 1. The molecule has 0 radical (unpaired) electrons. The number of halogens is 1. The van der Waals surface area contributed by atoms with E-state index in [-0.39, 0.29) is 31.5 Å². The number of nitrogens with zero attached hydrogens (tertiary/aromatic N) is 4. The molecule has 1 aromatic heterocycles. The molecule has 1 amide bonds. The lowest BCUT2D eigenvalue weighted by atomic mass is 10.2. The molecule has 0 aliphatic carbocycles. The molecule has 0 saturated carbocycles. The van der Waals surface area contributed by atoms with Crippen molar-refractivity contribution in [3.05, 3.63) is 36.5 Å². The molecule has 6 nitrogen and oxygen atoms in total. The van der Waals surface area contributed by atoms with Gasteiger partial charge in [-0.2, -0.15) is 5.26 Å². The SMILES string of the molecule is N#C[C@@H]1C[C@H](F)CN1C(=O)CN1CC[C@H](Nc2cnc3ccccc3c2)C1. The van der Waals surface area contributed by atoms with Crippen molar-refractivity contribution in [2.75, 3.05) is 31.5 Å². The Bertz CT molecular complexity index is 882. The first-order chi connectivity index (χ1) is 13.1. The molecular weight excluding hydrogens is 345 g/mol. The molecule has 3 heterocycles. The number of anilines is 1. The van der Waals surface area contributed by atoms with E-state index in [1.54, 1.807) is 0 Å². The number of carbonyl (C=O) groups excluding carboxylic acids is 1. The van der Waals surface area contributed by atoms with Crippen molar-refractivity contribution in [2.45, 2.75) is 31.1 Å². The van der Waals surface area contributed by atoms with E-state index in [2.05, 4.69) is 21.3 Å². The molecule has 1 N–H and O–H groups in total. The van der Waals surface area contributed by atoms with Crippen LogP contribution in [0.1, 0.15) is 12.8 Å². The van der Waals surface area contributed by atoms with Crippen molar-refractivity contribution < 1.29 is 9.18 Å². The van der Waals surface area contributed by atoms with Crippen molar-refractivity contribution >= 4 is 22.5 Å². The number of rotatable bonds is 4. The Balaban J connectivity index is 1.33. The summed E-state index contributed by atoms with van der Waals surface area (Å²) < 4.78 is 13.5. The van der Waals surface area contributed by atoms with E-state index in [4.69, 9.17) is 5.26 Å². The topological polar surface area (TPSA) is 72.3 Å². The fourth-order valence-electron chi connectivity index (χ4n) is 3.94. The van der Waals surface area contributed by atoms with Gasteiger partial charge in [-0.3, -0.25) is 14.7 Å². The predicted octanol–water partition coefficient (Wildman–Crippen LogP) is 2.18. The van der Waals surface area contributed by atoms with E-state index in [9.17, 15) is 9.18 Å². The predicted molar refractivity (Wildman–Crippen MR) is 101 cm³/mol. The Labute approximate surface area is 157 Å². The smallest absolute Gasteiger partial charge is 0.237 e. The van der Waals surface area contributed by atoms with Crippen LogP contribution < -0.4 is 5.32 Å². The van der Waals surface area contributed by atoms with Crippen molar-refractivity contribution in [1.82, 2.24) is 14.8 Å². The normalized spacial score (nSPS) is 25.6. The van der Waals surface area contributed by atoms with Crippen LogP contribution in [0.25, 0.3) is 10.9 Å². The second-order valence-electron chi connectivity index (χ2n) is 7.31. The van der Waals surface area contributed by atoms with Gasteiger partial charge in [-0.05, 0) is 18.6 Å². The average Bonchev–Trinajstić information content (AvgIpc) is 3.27. The molecule has 7 heteroatoms. The first-order valence-corrected chi connectivity index (χ1v) is 9.29.